The number of hydrogen-bond acceptors (Lipinski definition) is 3. The molecule has 26 heavy (non-hydrogen) atoms. The van der Waals surface area contributed by atoms with E-state index >= 15 is 0 Å². The Bertz CT molecular complexity index is 605. The van der Waals surface area contributed by atoms with Gasteiger partial charge in [0.05, 0.1) is 11.4 Å². The van der Waals surface area contributed by atoms with Crippen molar-refractivity contribution in [1.82, 2.24) is 0 Å². The van der Waals surface area contributed by atoms with Crippen molar-refractivity contribution in [1.29, 1.82) is 0 Å². The summed E-state index contributed by atoms with van der Waals surface area (Å²) in [6, 6.07) is 0. The predicted molar refractivity (Wildman–Crippen MR) is 105 cm³/mol. The number of thioether (sulfide) groups is 1. The van der Waals surface area contributed by atoms with Gasteiger partial charge in [0, 0.05) is 5.92 Å². The topological polar surface area (TPSA) is 37.3 Å². The maximum Gasteiger partial charge on any atom is 0.146 e. The quantitative estimate of drug-likeness (QED) is 0.711. The lowest BCUT2D eigenvalue weighted by Gasteiger charge is -2.54. The molecule has 3 saturated carbocycles. The van der Waals surface area contributed by atoms with Crippen LogP contribution in [-0.4, -0.2) is 35.2 Å². The molecule has 4 rings (SSSR count). The van der Waals surface area contributed by atoms with E-state index in [0.29, 0.717) is 48.0 Å². The number of halogens is 1. The summed E-state index contributed by atoms with van der Waals surface area (Å²) in [5.74, 6) is 3.98. The molecule has 0 heterocycles. The van der Waals surface area contributed by atoms with Crippen LogP contribution in [0.4, 0.5) is 4.39 Å². The summed E-state index contributed by atoms with van der Waals surface area (Å²) in [6.45, 7) is 1.77. The SMILES string of the molecule is CSCC(=O)[C@H]1CC[C@H]2[C@@H]3CC=C4C[C@](O)(CF)CC[C@@H]4[C@H]3CC[C@]12C. The van der Waals surface area contributed by atoms with Gasteiger partial charge in [-0.1, -0.05) is 18.6 Å². The molecule has 4 aliphatic carbocycles. The predicted octanol–water partition coefficient (Wildman–Crippen LogP) is 4.81. The number of fused-ring (bicyclic) bond motifs is 5. The average Bonchev–Trinajstić information content (AvgIpc) is 2.99. The molecule has 0 bridgehead atoms. The van der Waals surface area contributed by atoms with E-state index in [9.17, 15) is 14.3 Å². The van der Waals surface area contributed by atoms with E-state index in [0.717, 1.165) is 19.3 Å². The van der Waals surface area contributed by atoms with E-state index in [4.69, 9.17) is 0 Å². The summed E-state index contributed by atoms with van der Waals surface area (Å²) in [5, 5.41) is 10.4. The number of alkyl halides is 1. The second-order valence-electron chi connectivity index (χ2n) is 9.70. The summed E-state index contributed by atoms with van der Waals surface area (Å²) in [5.41, 5.74) is 0.406. The Morgan fingerprint density at radius 3 is 2.81 bits per heavy atom. The van der Waals surface area contributed by atoms with Crippen molar-refractivity contribution in [2.24, 2.45) is 35.0 Å². The number of Topliss-reactive ketones (excluding diaryl/α,β-unsaturated/α-hetero) is 1. The summed E-state index contributed by atoms with van der Waals surface area (Å²) < 4.78 is 13.3. The van der Waals surface area contributed by atoms with Crippen LogP contribution in [0.2, 0.25) is 0 Å². The van der Waals surface area contributed by atoms with Gasteiger partial charge in [-0.25, -0.2) is 4.39 Å². The molecule has 0 aromatic heterocycles. The molecule has 3 fully saturated rings. The highest BCUT2D eigenvalue weighted by Crippen LogP contribution is 2.63. The molecule has 0 aliphatic heterocycles. The molecule has 1 N–H and O–H groups in total. The Balaban J connectivity index is 1.55. The maximum atomic E-state index is 13.3. The van der Waals surface area contributed by atoms with Gasteiger partial charge in [-0.3, -0.25) is 4.79 Å². The number of allylic oxidation sites excluding steroid dienone is 1. The fraction of sp³-hybridized carbons (Fsp3) is 0.864. The van der Waals surface area contributed by atoms with Gasteiger partial charge in [0.2, 0.25) is 0 Å². The van der Waals surface area contributed by atoms with Crippen molar-refractivity contribution >= 4 is 17.5 Å². The Labute approximate surface area is 161 Å². The molecule has 0 aromatic carbocycles. The standard InChI is InChI=1S/C22H33FO2S/c1-21-9-7-16-15-8-10-22(25,13-23)11-14(15)3-4-17(16)18(21)5-6-19(21)20(24)12-26-2/h3,15-19,25H,4-13H2,1-2H3/t15-,16+,17+,18-,19+,21-,22-/m0/s1. The van der Waals surface area contributed by atoms with Gasteiger partial charge in [0.15, 0.2) is 0 Å². The first-order valence-electron chi connectivity index (χ1n) is 10.4. The van der Waals surface area contributed by atoms with Crippen LogP contribution in [-0.2, 0) is 4.79 Å². The van der Waals surface area contributed by atoms with Gasteiger partial charge in [-0.15, -0.1) is 0 Å². The number of hydrogen-bond donors (Lipinski definition) is 1. The van der Waals surface area contributed by atoms with Crippen molar-refractivity contribution in [3.63, 3.8) is 0 Å². The molecule has 2 nitrogen and oxygen atoms in total. The number of carbonyl (C=O) groups is 1. The minimum Gasteiger partial charge on any atom is -0.387 e. The largest absolute Gasteiger partial charge is 0.387 e. The average molecular weight is 381 g/mol. The van der Waals surface area contributed by atoms with E-state index in [2.05, 4.69) is 13.0 Å². The smallest absolute Gasteiger partial charge is 0.146 e. The van der Waals surface area contributed by atoms with Crippen LogP contribution in [0.3, 0.4) is 0 Å². The first-order chi connectivity index (χ1) is 12.4. The highest BCUT2D eigenvalue weighted by Gasteiger charge is 2.57. The van der Waals surface area contributed by atoms with Crippen molar-refractivity contribution in [3.05, 3.63) is 11.6 Å². The molecule has 0 unspecified atom stereocenters. The molecule has 0 radical (unpaired) electrons. The number of rotatable bonds is 4. The van der Waals surface area contributed by atoms with E-state index in [1.165, 1.54) is 24.8 Å². The maximum absolute atomic E-state index is 13.3. The zero-order valence-corrected chi connectivity index (χ0v) is 17.0. The van der Waals surface area contributed by atoms with Gasteiger partial charge < -0.3 is 5.11 Å². The Morgan fingerprint density at radius 1 is 1.27 bits per heavy atom. The van der Waals surface area contributed by atoms with E-state index in [1.54, 1.807) is 11.8 Å². The van der Waals surface area contributed by atoms with Gasteiger partial charge >= 0.3 is 0 Å². The van der Waals surface area contributed by atoms with Gasteiger partial charge in [-0.05, 0) is 86.7 Å². The van der Waals surface area contributed by atoms with Crippen LogP contribution in [0.1, 0.15) is 58.3 Å². The molecule has 4 heteroatoms. The lowest BCUT2D eigenvalue weighted by atomic mass is 9.51. The molecule has 0 aromatic rings. The molecule has 146 valence electrons. The number of carbonyl (C=O) groups excluding carboxylic acids is 1. The molecule has 0 saturated heterocycles. The first-order valence-corrected chi connectivity index (χ1v) is 11.8. The fourth-order valence-electron chi connectivity index (χ4n) is 7.25. The van der Waals surface area contributed by atoms with Crippen LogP contribution in [0.5, 0.6) is 0 Å². The van der Waals surface area contributed by atoms with Crippen LogP contribution in [0.15, 0.2) is 11.6 Å². The summed E-state index contributed by atoms with van der Waals surface area (Å²) in [6.07, 6.45) is 12.2. The van der Waals surface area contributed by atoms with Crippen LogP contribution < -0.4 is 0 Å². The van der Waals surface area contributed by atoms with Crippen molar-refractivity contribution in [2.45, 2.75) is 63.9 Å². The Hall–Kier alpha value is -0.350. The molecule has 0 amide bonds. The third kappa shape index (κ3) is 2.90. The lowest BCUT2D eigenvalue weighted by Crippen LogP contribution is -2.49. The summed E-state index contributed by atoms with van der Waals surface area (Å²) in [4.78, 5) is 12.7. The number of ketones is 1. The van der Waals surface area contributed by atoms with Gasteiger partial charge in [0.1, 0.15) is 12.5 Å². The third-order valence-electron chi connectivity index (χ3n) is 8.52. The zero-order chi connectivity index (χ0) is 18.5. The van der Waals surface area contributed by atoms with Crippen LogP contribution in [0, 0.1) is 35.0 Å². The normalized spacial score (nSPS) is 47.5. The summed E-state index contributed by atoms with van der Waals surface area (Å²) in [7, 11) is 0. The summed E-state index contributed by atoms with van der Waals surface area (Å²) >= 11 is 1.66. The first kappa shape index (κ1) is 19.0. The molecule has 7 atom stereocenters. The van der Waals surface area contributed by atoms with Crippen LogP contribution in [0.25, 0.3) is 0 Å². The van der Waals surface area contributed by atoms with Crippen molar-refractivity contribution < 1.29 is 14.3 Å². The Morgan fingerprint density at radius 2 is 2.08 bits per heavy atom. The van der Waals surface area contributed by atoms with Crippen molar-refractivity contribution in [3.8, 4) is 0 Å². The minimum absolute atomic E-state index is 0.188. The van der Waals surface area contributed by atoms with Gasteiger partial charge in [0.25, 0.3) is 0 Å². The second kappa shape index (κ2) is 6.92. The van der Waals surface area contributed by atoms with Gasteiger partial charge in [-0.2, -0.15) is 11.8 Å². The molecular weight excluding hydrogens is 347 g/mol. The molecule has 4 aliphatic rings. The zero-order valence-electron chi connectivity index (χ0n) is 16.2. The van der Waals surface area contributed by atoms with E-state index < -0.39 is 12.3 Å². The molecule has 0 spiro atoms. The van der Waals surface area contributed by atoms with E-state index in [-0.39, 0.29) is 11.3 Å². The highest BCUT2D eigenvalue weighted by molar-refractivity contribution is 7.99. The molecular formula is C22H33FO2S. The Kier molecular flexibility index (Phi) is 5.05. The monoisotopic (exact) mass is 380 g/mol. The lowest BCUT2D eigenvalue weighted by molar-refractivity contribution is -0.126. The highest BCUT2D eigenvalue weighted by atomic mass is 32.2. The van der Waals surface area contributed by atoms with Crippen molar-refractivity contribution in [2.75, 3.05) is 18.7 Å². The third-order valence-corrected chi connectivity index (χ3v) is 9.09. The minimum atomic E-state index is -1.11. The van der Waals surface area contributed by atoms with Crippen LogP contribution >= 0.6 is 11.8 Å². The second-order valence-corrected chi connectivity index (χ2v) is 10.6. The van der Waals surface area contributed by atoms with E-state index in [1.807, 2.05) is 6.26 Å². The number of aliphatic hydroxyl groups is 1. The fourth-order valence-corrected chi connectivity index (χ4v) is 7.74.